The van der Waals surface area contributed by atoms with E-state index in [1.165, 1.54) is 0 Å². The smallest absolute Gasteiger partial charge is 0.124 e. The average molecular weight is 216 g/mol. The molecule has 0 radical (unpaired) electrons. The molecule has 0 heterocycles. The third-order valence-electron chi connectivity index (χ3n) is 1.38. The Hall–Kier alpha value is -0.530. The van der Waals surface area contributed by atoms with Gasteiger partial charge in [-0.25, -0.2) is 0 Å². The Balaban J connectivity index is 2.76. The number of rotatable bonds is 3. The van der Waals surface area contributed by atoms with Crippen molar-refractivity contribution in [1.82, 2.24) is 0 Å². The number of methoxy groups -OCH3 is 1. The van der Waals surface area contributed by atoms with E-state index < -0.39 is 6.26 Å². The molecule has 0 saturated carbocycles. The Kier molecular flexibility index (Phi) is 3.34. The molecule has 13 heavy (non-hydrogen) atoms. The van der Waals surface area contributed by atoms with Crippen LogP contribution in [0.15, 0.2) is 24.3 Å². The molecule has 0 aliphatic rings. The minimum absolute atomic E-state index is 0.814. The summed E-state index contributed by atoms with van der Waals surface area (Å²) in [7, 11) is 1.64. The van der Waals surface area contributed by atoms with Crippen molar-refractivity contribution < 1.29 is 9.26 Å². The predicted molar refractivity (Wildman–Crippen MR) is 59.8 cm³/mol. The van der Waals surface area contributed by atoms with Crippen LogP contribution in [-0.2, 0) is 11.8 Å². The summed E-state index contributed by atoms with van der Waals surface area (Å²) < 4.78 is 10.6. The zero-order valence-corrected chi connectivity index (χ0v) is 9.69. The molecule has 0 aliphatic heterocycles. The van der Waals surface area contributed by atoms with Crippen molar-refractivity contribution in [2.24, 2.45) is 0 Å². The van der Waals surface area contributed by atoms with E-state index in [-0.39, 0.29) is 0 Å². The Labute approximate surface area is 84.0 Å². The first-order valence-electron chi connectivity index (χ1n) is 3.90. The second kappa shape index (κ2) is 4.12. The van der Waals surface area contributed by atoms with Gasteiger partial charge in [-0.1, -0.05) is 11.8 Å². The predicted octanol–water partition coefficient (Wildman–Crippen LogP) is 2.73. The van der Waals surface area contributed by atoms with Crippen LogP contribution in [-0.4, -0.2) is 20.4 Å². The lowest BCUT2D eigenvalue weighted by Crippen LogP contribution is -1.88. The van der Waals surface area contributed by atoms with Gasteiger partial charge < -0.3 is 9.26 Å². The van der Waals surface area contributed by atoms with E-state index in [4.69, 9.17) is 21.1 Å². The van der Waals surface area contributed by atoms with E-state index in [0.717, 1.165) is 11.5 Å². The van der Waals surface area contributed by atoms with Crippen LogP contribution >= 0.6 is 6.26 Å². The fourth-order valence-electron chi connectivity index (χ4n) is 0.890. The van der Waals surface area contributed by atoms with Crippen molar-refractivity contribution in [3.63, 3.8) is 0 Å². The van der Waals surface area contributed by atoms with Crippen LogP contribution in [0.25, 0.3) is 0 Å². The molecule has 0 amide bonds. The standard InChI is InChI=1S/C9H13O2PS/c1-10-8-4-6-9(7-5-8)11-12(2,3)13/h4-7H,1-3H3. The largest absolute Gasteiger partial charge is 0.497 e. The molecule has 0 fully saturated rings. The quantitative estimate of drug-likeness (QED) is 0.724. The SMILES string of the molecule is COc1ccc(OP(C)(C)=S)cc1. The normalized spacial score (nSPS) is 11.0. The van der Waals surface area contributed by atoms with Gasteiger partial charge in [-0.15, -0.1) is 0 Å². The first-order chi connectivity index (χ1) is 6.01. The summed E-state index contributed by atoms with van der Waals surface area (Å²) in [5.41, 5.74) is 0. The molecule has 0 unspecified atom stereocenters. The maximum Gasteiger partial charge on any atom is 0.124 e. The van der Waals surface area contributed by atoms with E-state index in [0.29, 0.717) is 0 Å². The number of hydrogen-bond acceptors (Lipinski definition) is 3. The van der Waals surface area contributed by atoms with Crippen LogP contribution < -0.4 is 9.26 Å². The fraction of sp³-hybridized carbons (Fsp3) is 0.333. The highest BCUT2D eigenvalue weighted by Crippen LogP contribution is 2.39. The molecule has 1 rings (SSSR count). The van der Waals surface area contributed by atoms with Gasteiger partial charge in [-0.2, -0.15) is 0 Å². The second-order valence-corrected chi connectivity index (χ2v) is 8.34. The number of benzene rings is 1. The molecule has 2 nitrogen and oxygen atoms in total. The molecule has 0 N–H and O–H groups in total. The molecule has 0 aromatic heterocycles. The number of ether oxygens (including phenoxy) is 1. The van der Waals surface area contributed by atoms with Crippen LogP contribution in [0.5, 0.6) is 11.5 Å². The summed E-state index contributed by atoms with van der Waals surface area (Å²) in [5, 5.41) is 0. The summed E-state index contributed by atoms with van der Waals surface area (Å²) in [4.78, 5) is 0. The minimum atomic E-state index is -1.62. The van der Waals surface area contributed by atoms with Crippen LogP contribution in [0.3, 0.4) is 0 Å². The highest BCUT2D eigenvalue weighted by Gasteiger charge is 2.03. The molecule has 0 bridgehead atoms. The third kappa shape index (κ3) is 3.79. The minimum Gasteiger partial charge on any atom is -0.497 e. The molecule has 0 spiro atoms. The third-order valence-corrected chi connectivity index (χ3v) is 2.26. The molecular weight excluding hydrogens is 203 g/mol. The monoisotopic (exact) mass is 216 g/mol. The zero-order valence-electron chi connectivity index (χ0n) is 7.98. The first-order valence-corrected chi connectivity index (χ1v) is 7.51. The molecule has 72 valence electrons. The van der Waals surface area contributed by atoms with E-state index in [1.807, 2.05) is 37.6 Å². The van der Waals surface area contributed by atoms with Crippen LogP contribution in [0.4, 0.5) is 0 Å². The summed E-state index contributed by atoms with van der Waals surface area (Å²) in [6, 6.07) is 7.46. The summed E-state index contributed by atoms with van der Waals surface area (Å²) in [6.45, 7) is 3.90. The van der Waals surface area contributed by atoms with Crippen LogP contribution in [0, 0.1) is 0 Å². The topological polar surface area (TPSA) is 18.5 Å². The van der Waals surface area contributed by atoms with Gasteiger partial charge in [-0.3, -0.25) is 0 Å². The van der Waals surface area contributed by atoms with Crippen LogP contribution in [0.2, 0.25) is 0 Å². The van der Waals surface area contributed by atoms with E-state index >= 15 is 0 Å². The van der Waals surface area contributed by atoms with Gasteiger partial charge in [0, 0.05) is 0 Å². The van der Waals surface area contributed by atoms with Crippen molar-refractivity contribution >= 4 is 18.1 Å². The van der Waals surface area contributed by atoms with Crippen molar-refractivity contribution in [2.75, 3.05) is 20.4 Å². The average Bonchev–Trinajstić information content (AvgIpc) is 2.03. The van der Waals surface area contributed by atoms with Crippen molar-refractivity contribution in [1.29, 1.82) is 0 Å². The van der Waals surface area contributed by atoms with Crippen molar-refractivity contribution in [3.8, 4) is 11.5 Å². The lowest BCUT2D eigenvalue weighted by atomic mass is 10.3. The molecule has 4 heteroatoms. The molecule has 0 saturated heterocycles. The van der Waals surface area contributed by atoms with Gasteiger partial charge in [0.15, 0.2) is 0 Å². The van der Waals surface area contributed by atoms with E-state index in [9.17, 15) is 0 Å². The summed E-state index contributed by atoms with van der Waals surface area (Å²) >= 11 is 5.19. The molecule has 1 aromatic carbocycles. The lowest BCUT2D eigenvalue weighted by molar-refractivity contribution is 0.414. The van der Waals surface area contributed by atoms with Crippen molar-refractivity contribution in [3.05, 3.63) is 24.3 Å². The van der Waals surface area contributed by atoms with Gasteiger partial charge in [0.05, 0.1) is 7.11 Å². The van der Waals surface area contributed by atoms with Crippen molar-refractivity contribution in [2.45, 2.75) is 0 Å². The first kappa shape index (κ1) is 10.6. The van der Waals surface area contributed by atoms with Gasteiger partial charge in [0.1, 0.15) is 17.8 Å². The van der Waals surface area contributed by atoms with Gasteiger partial charge >= 0.3 is 0 Å². The molecule has 0 atom stereocenters. The number of hydrogen-bond donors (Lipinski definition) is 0. The Morgan fingerprint density at radius 2 is 1.54 bits per heavy atom. The zero-order chi connectivity index (χ0) is 9.90. The highest BCUT2D eigenvalue weighted by atomic mass is 32.4. The Bertz CT molecular complexity index is 315. The Morgan fingerprint density at radius 3 is 1.92 bits per heavy atom. The summed E-state index contributed by atoms with van der Waals surface area (Å²) in [6.07, 6.45) is -1.62. The van der Waals surface area contributed by atoms with Gasteiger partial charge in [0.25, 0.3) is 0 Å². The van der Waals surface area contributed by atoms with E-state index in [2.05, 4.69) is 0 Å². The molecule has 0 aliphatic carbocycles. The van der Waals surface area contributed by atoms with Gasteiger partial charge in [0.2, 0.25) is 0 Å². The fourth-order valence-corrected chi connectivity index (χ4v) is 1.78. The Morgan fingerprint density at radius 1 is 1.08 bits per heavy atom. The van der Waals surface area contributed by atoms with E-state index in [1.54, 1.807) is 7.11 Å². The second-order valence-electron chi connectivity index (χ2n) is 3.02. The maximum absolute atomic E-state index is 5.57. The highest BCUT2D eigenvalue weighted by molar-refractivity contribution is 8.11. The summed E-state index contributed by atoms with van der Waals surface area (Å²) in [5.74, 6) is 1.64. The van der Waals surface area contributed by atoms with Crippen LogP contribution in [0.1, 0.15) is 0 Å². The molecule has 1 aromatic rings. The molecular formula is C9H13O2PS. The maximum atomic E-state index is 5.57. The van der Waals surface area contributed by atoms with Gasteiger partial charge in [-0.05, 0) is 37.6 Å². The lowest BCUT2D eigenvalue weighted by Gasteiger charge is -2.13.